The smallest absolute Gasteiger partial charge is 0.343 e. The molecule has 0 atom stereocenters. The molecule has 3 aromatic carbocycles. The van der Waals surface area contributed by atoms with E-state index in [0.29, 0.717) is 11.3 Å². The van der Waals surface area contributed by atoms with Crippen LogP contribution in [-0.4, -0.2) is 5.97 Å². The van der Waals surface area contributed by atoms with Crippen LogP contribution < -0.4 is 4.74 Å². The lowest BCUT2D eigenvalue weighted by Gasteiger charge is -2.07. The number of rotatable bonds is 4. The van der Waals surface area contributed by atoms with E-state index in [4.69, 9.17) is 4.74 Å². The second-order valence-corrected chi connectivity index (χ2v) is 5.50. The van der Waals surface area contributed by atoms with Gasteiger partial charge in [0, 0.05) is 0 Å². The van der Waals surface area contributed by atoms with Gasteiger partial charge in [-0.1, -0.05) is 54.6 Å². The minimum absolute atomic E-state index is 0.336. The maximum Gasteiger partial charge on any atom is 0.343 e. The minimum Gasteiger partial charge on any atom is -0.423 e. The van der Waals surface area contributed by atoms with Gasteiger partial charge in [0.05, 0.1) is 5.56 Å². The van der Waals surface area contributed by atoms with Crippen molar-refractivity contribution in [3.63, 3.8) is 0 Å². The summed E-state index contributed by atoms with van der Waals surface area (Å²) in [5, 5.41) is 0. The second-order valence-electron chi connectivity index (χ2n) is 5.50. The topological polar surface area (TPSA) is 26.3 Å². The highest BCUT2D eigenvalue weighted by atomic mass is 16.5. The highest BCUT2D eigenvalue weighted by molar-refractivity contribution is 5.90. The summed E-state index contributed by atoms with van der Waals surface area (Å²) in [5.74, 6) is 0.227. The van der Waals surface area contributed by atoms with Gasteiger partial charge in [-0.25, -0.2) is 4.79 Å². The summed E-state index contributed by atoms with van der Waals surface area (Å²) in [6.45, 7) is 2.12. The van der Waals surface area contributed by atoms with Crippen molar-refractivity contribution in [2.24, 2.45) is 0 Å². The van der Waals surface area contributed by atoms with Crippen molar-refractivity contribution in [2.75, 3.05) is 0 Å². The first-order valence-electron chi connectivity index (χ1n) is 7.63. The van der Waals surface area contributed by atoms with Crippen molar-refractivity contribution in [3.8, 4) is 5.75 Å². The van der Waals surface area contributed by atoms with E-state index in [9.17, 15) is 4.79 Å². The second kappa shape index (κ2) is 6.93. The van der Waals surface area contributed by atoms with Crippen molar-refractivity contribution in [2.45, 2.75) is 13.3 Å². The molecule has 0 saturated heterocycles. The molecule has 0 unspecified atom stereocenters. The molecule has 0 bridgehead atoms. The Kier molecular flexibility index (Phi) is 4.53. The molecule has 2 nitrogen and oxygen atoms in total. The zero-order valence-electron chi connectivity index (χ0n) is 13.0. The number of ether oxygens (including phenoxy) is 1. The van der Waals surface area contributed by atoms with Crippen LogP contribution in [0.1, 0.15) is 27.0 Å². The normalized spacial score (nSPS) is 10.3. The molecule has 0 amide bonds. The van der Waals surface area contributed by atoms with Crippen molar-refractivity contribution in [1.29, 1.82) is 0 Å². The minimum atomic E-state index is -0.336. The molecule has 0 spiro atoms. The zero-order valence-corrected chi connectivity index (χ0v) is 13.0. The van der Waals surface area contributed by atoms with E-state index in [-0.39, 0.29) is 5.97 Å². The maximum absolute atomic E-state index is 12.0. The van der Waals surface area contributed by atoms with E-state index in [0.717, 1.165) is 6.42 Å². The van der Waals surface area contributed by atoms with Gasteiger partial charge in [0.1, 0.15) is 5.75 Å². The maximum atomic E-state index is 12.0. The number of hydrogen-bond donors (Lipinski definition) is 0. The largest absolute Gasteiger partial charge is 0.423 e. The predicted octanol–water partition coefficient (Wildman–Crippen LogP) is 4.81. The quantitative estimate of drug-likeness (QED) is 0.511. The first kappa shape index (κ1) is 15.0. The summed E-state index contributed by atoms with van der Waals surface area (Å²) < 4.78 is 5.39. The van der Waals surface area contributed by atoms with Crippen molar-refractivity contribution < 1.29 is 9.53 Å². The molecule has 23 heavy (non-hydrogen) atoms. The van der Waals surface area contributed by atoms with Gasteiger partial charge in [0.2, 0.25) is 0 Å². The van der Waals surface area contributed by atoms with E-state index in [2.05, 4.69) is 25.1 Å². The van der Waals surface area contributed by atoms with E-state index in [1.807, 2.05) is 48.5 Å². The molecule has 3 rings (SSSR count). The van der Waals surface area contributed by atoms with Crippen LogP contribution in [0.25, 0.3) is 0 Å². The average Bonchev–Trinajstić information content (AvgIpc) is 2.59. The van der Waals surface area contributed by atoms with Crippen LogP contribution in [0.5, 0.6) is 5.75 Å². The van der Waals surface area contributed by atoms with Crippen molar-refractivity contribution >= 4 is 5.97 Å². The molecule has 0 saturated carbocycles. The van der Waals surface area contributed by atoms with Gasteiger partial charge in [0.15, 0.2) is 0 Å². The lowest BCUT2D eigenvalue weighted by Crippen LogP contribution is -2.08. The van der Waals surface area contributed by atoms with Crippen LogP contribution in [0.3, 0.4) is 0 Å². The van der Waals surface area contributed by atoms with Crippen LogP contribution in [0.2, 0.25) is 0 Å². The monoisotopic (exact) mass is 302 g/mol. The van der Waals surface area contributed by atoms with Crippen molar-refractivity contribution in [1.82, 2.24) is 0 Å². The van der Waals surface area contributed by atoms with E-state index in [1.165, 1.54) is 16.7 Å². The van der Waals surface area contributed by atoms with Gasteiger partial charge in [-0.05, 0) is 54.3 Å². The first-order chi connectivity index (χ1) is 11.2. The average molecular weight is 302 g/mol. The number of hydrogen-bond acceptors (Lipinski definition) is 2. The van der Waals surface area contributed by atoms with Gasteiger partial charge in [-0.3, -0.25) is 0 Å². The Bertz CT molecular complexity index is 790. The highest BCUT2D eigenvalue weighted by Gasteiger charge is 2.07. The number of carbonyl (C=O) groups excluding carboxylic acids is 1. The molecule has 0 aromatic heterocycles. The molecule has 0 heterocycles. The summed E-state index contributed by atoms with van der Waals surface area (Å²) in [5.41, 5.74) is 4.34. The predicted molar refractivity (Wildman–Crippen MR) is 91.8 cm³/mol. The third kappa shape index (κ3) is 3.86. The molecule has 114 valence electrons. The number of carbonyl (C=O) groups is 1. The van der Waals surface area contributed by atoms with Gasteiger partial charge in [0.25, 0.3) is 0 Å². The van der Waals surface area contributed by atoms with E-state index >= 15 is 0 Å². The van der Waals surface area contributed by atoms with E-state index in [1.54, 1.807) is 12.1 Å². The SMILES string of the molecule is Cc1ccccc1Cc1ccc(OC(=O)c2ccccc2)cc1. The van der Waals surface area contributed by atoms with Gasteiger partial charge < -0.3 is 4.74 Å². The molecule has 0 radical (unpaired) electrons. The molecule has 0 aliphatic rings. The summed E-state index contributed by atoms with van der Waals surface area (Å²) in [6.07, 6.45) is 0.875. The van der Waals surface area contributed by atoms with Crippen LogP contribution in [-0.2, 0) is 6.42 Å². The van der Waals surface area contributed by atoms with Crippen LogP contribution in [0, 0.1) is 6.92 Å². The Morgan fingerprint density at radius 2 is 1.48 bits per heavy atom. The fraction of sp³-hybridized carbons (Fsp3) is 0.0952. The summed E-state index contributed by atoms with van der Waals surface area (Å²) in [7, 11) is 0. The third-order valence-electron chi connectivity index (χ3n) is 3.80. The molecule has 0 fully saturated rings. The molecule has 2 heteroatoms. The number of esters is 1. The van der Waals surface area contributed by atoms with Gasteiger partial charge >= 0.3 is 5.97 Å². The Morgan fingerprint density at radius 3 is 2.17 bits per heavy atom. The molecular formula is C21H18O2. The van der Waals surface area contributed by atoms with Crippen molar-refractivity contribution in [3.05, 3.63) is 101 Å². The summed E-state index contributed by atoms with van der Waals surface area (Å²) in [4.78, 5) is 12.0. The van der Waals surface area contributed by atoms with Crippen LogP contribution >= 0.6 is 0 Å². The Morgan fingerprint density at radius 1 is 0.826 bits per heavy atom. The van der Waals surface area contributed by atoms with Gasteiger partial charge in [-0.15, -0.1) is 0 Å². The first-order valence-corrected chi connectivity index (χ1v) is 7.63. The Hall–Kier alpha value is -2.87. The highest BCUT2D eigenvalue weighted by Crippen LogP contribution is 2.18. The lowest BCUT2D eigenvalue weighted by atomic mass is 10.0. The zero-order chi connectivity index (χ0) is 16.1. The molecule has 0 N–H and O–H groups in total. The fourth-order valence-corrected chi connectivity index (χ4v) is 2.44. The third-order valence-corrected chi connectivity index (χ3v) is 3.80. The lowest BCUT2D eigenvalue weighted by molar-refractivity contribution is 0.0734. The standard InChI is InChI=1S/C21H18O2/c1-16-7-5-6-10-19(16)15-17-11-13-20(14-12-17)23-21(22)18-8-3-2-4-9-18/h2-14H,15H2,1H3. The summed E-state index contributed by atoms with van der Waals surface area (Å²) >= 11 is 0. The fourth-order valence-electron chi connectivity index (χ4n) is 2.44. The van der Waals surface area contributed by atoms with Gasteiger partial charge in [-0.2, -0.15) is 0 Å². The van der Waals surface area contributed by atoms with Crippen LogP contribution in [0.4, 0.5) is 0 Å². The Balaban J connectivity index is 1.68. The number of benzene rings is 3. The molecular weight excluding hydrogens is 284 g/mol. The van der Waals surface area contributed by atoms with Crippen LogP contribution in [0.15, 0.2) is 78.9 Å². The molecule has 0 aliphatic heterocycles. The number of aryl methyl sites for hydroxylation is 1. The molecule has 0 aliphatic carbocycles. The summed E-state index contributed by atoms with van der Waals surface area (Å²) in [6, 6.07) is 25.0. The molecule has 3 aromatic rings. The Labute approximate surface area is 136 Å². The van der Waals surface area contributed by atoms with E-state index < -0.39 is 0 Å².